The van der Waals surface area contributed by atoms with Gasteiger partial charge in [0, 0.05) is 42.5 Å². The molecule has 1 aliphatic rings. The number of piperazine rings is 1. The number of hydrogen-bond acceptors (Lipinski definition) is 5. The van der Waals surface area contributed by atoms with Crippen LogP contribution in [0.5, 0.6) is 5.75 Å². The molecule has 1 fully saturated rings. The van der Waals surface area contributed by atoms with Gasteiger partial charge in [-0.15, -0.1) is 0 Å². The van der Waals surface area contributed by atoms with E-state index in [4.69, 9.17) is 16.3 Å². The van der Waals surface area contributed by atoms with Gasteiger partial charge in [0.25, 0.3) is 5.91 Å². The molecule has 2 heterocycles. The first-order valence-corrected chi connectivity index (χ1v) is 11.7. The highest BCUT2D eigenvalue weighted by molar-refractivity contribution is 6.30. The average Bonchev–Trinajstić information content (AvgIpc) is 2.89. The fourth-order valence-electron chi connectivity index (χ4n) is 4.15. The third kappa shape index (κ3) is 4.82. The fraction of sp³-hybridized carbons (Fsp3) is 0.222. The Balaban J connectivity index is 1.18. The Hall–Kier alpha value is -3.64. The first-order valence-electron chi connectivity index (χ1n) is 11.3. The monoisotopic (exact) mass is 472 g/mol. The van der Waals surface area contributed by atoms with Crippen LogP contribution in [0.3, 0.4) is 0 Å². The number of ether oxygens (including phenoxy) is 1. The number of rotatable bonds is 5. The summed E-state index contributed by atoms with van der Waals surface area (Å²) in [5.74, 6) is 0.651. The second-order valence-corrected chi connectivity index (χ2v) is 8.75. The lowest BCUT2D eigenvalue weighted by molar-refractivity contribution is -0.138. The lowest BCUT2D eigenvalue weighted by atomic mass is 10.1. The summed E-state index contributed by atoms with van der Waals surface area (Å²) in [6.45, 7) is 4.68. The van der Waals surface area contributed by atoms with E-state index in [0.717, 1.165) is 46.1 Å². The van der Waals surface area contributed by atoms with Crippen molar-refractivity contribution >= 4 is 34.2 Å². The fourth-order valence-corrected chi connectivity index (χ4v) is 4.28. The highest BCUT2D eigenvalue weighted by atomic mass is 35.5. The number of halogens is 1. The van der Waals surface area contributed by atoms with E-state index in [-0.39, 0.29) is 5.91 Å². The van der Waals surface area contributed by atoms with E-state index in [1.807, 2.05) is 77.7 Å². The Morgan fingerprint density at radius 1 is 0.912 bits per heavy atom. The predicted octanol–water partition coefficient (Wildman–Crippen LogP) is 5.07. The summed E-state index contributed by atoms with van der Waals surface area (Å²) in [7, 11) is 0. The molecule has 172 valence electrons. The Kier molecular flexibility index (Phi) is 6.32. The molecule has 0 N–H and O–H groups in total. The molecule has 3 aromatic carbocycles. The van der Waals surface area contributed by atoms with Crippen molar-refractivity contribution < 1.29 is 9.53 Å². The molecule has 7 heteroatoms. The maximum Gasteiger partial charge on any atom is 0.263 e. The predicted molar refractivity (Wildman–Crippen MR) is 135 cm³/mol. The van der Waals surface area contributed by atoms with Crippen LogP contribution < -0.4 is 9.64 Å². The van der Waals surface area contributed by atoms with Gasteiger partial charge >= 0.3 is 0 Å². The molecule has 0 radical (unpaired) electrons. The topological polar surface area (TPSA) is 58.6 Å². The van der Waals surface area contributed by atoms with Gasteiger partial charge in [0.2, 0.25) is 0 Å². The van der Waals surface area contributed by atoms with Gasteiger partial charge in [0.15, 0.2) is 6.10 Å². The van der Waals surface area contributed by atoms with Crippen LogP contribution in [0.25, 0.3) is 22.3 Å². The SMILES string of the molecule is CC(Oc1ccc(-c2cnc3ccccc3n2)cc1)C(=O)N1CCN(c2ccc(Cl)cc2)CC1. The van der Waals surface area contributed by atoms with Crippen LogP contribution in [-0.4, -0.2) is 53.1 Å². The van der Waals surface area contributed by atoms with Crippen LogP contribution in [0, 0.1) is 0 Å². The molecule has 6 nitrogen and oxygen atoms in total. The van der Waals surface area contributed by atoms with E-state index in [2.05, 4.69) is 14.9 Å². The van der Waals surface area contributed by atoms with Crippen molar-refractivity contribution in [3.63, 3.8) is 0 Å². The first kappa shape index (κ1) is 22.2. The number of fused-ring (bicyclic) bond motifs is 1. The van der Waals surface area contributed by atoms with Crippen LogP contribution in [0.1, 0.15) is 6.92 Å². The van der Waals surface area contributed by atoms with E-state index in [9.17, 15) is 4.79 Å². The average molecular weight is 473 g/mol. The van der Waals surface area contributed by atoms with Crippen molar-refractivity contribution in [2.75, 3.05) is 31.1 Å². The molecule has 1 aliphatic heterocycles. The zero-order chi connectivity index (χ0) is 23.5. The number of nitrogens with zero attached hydrogens (tertiary/aromatic N) is 4. The first-order chi connectivity index (χ1) is 16.6. The van der Waals surface area contributed by atoms with Crippen LogP contribution in [0.15, 0.2) is 79.0 Å². The molecule has 0 bridgehead atoms. The van der Waals surface area contributed by atoms with Gasteiger partial charge in [-0.2, -0.15) is 0 Å². The lowest BCUT2D eigenvalue weighted by Crippen LogP contribution is -2.52. The Labute approximate surface area is 203 Å². The molecule has 0 saturated carbocycles. The Morgan fingerprint density at radius 2 is 1.59 bits per heavy atom. The van der Waals surface area contributed by atoms with Crippen molar-refractivity contribution in [2.24, 2.45) is 0 Å². The van der Waals surface area contributed by atoms with Crippen molar-refractivity contribution in [3.8, 4) is 17.0 Å². The van der Waals surface area contributed by atoms with E-state index in [1.54, 1.807) is 13.1 Å². The molecule has 4 aromatic rings. The van der Waals surface area contributed by atoms with Gasteiger partial charge < -0.3 is 14.5 Å². The van der Waals surface area contributed by atoms with Crippen LogP contribution in [0.4, 0.5) is 5.69 Å². The number of benzene rings is 3. The van der Waals surface area contributed by atoms with E-state index in [1.165, 1.54) is 0 Å². The van der Waals surface area contributed by atoms with Gasteiger partial charge in [-0.25, -0.2) is 4.98 Å². The normalized spacial score (nSPS) is 14.8. The molecular weight excluding hydrogens is 448 g/mol. The van der Waals surface area contributed by atoms with Crippen LogP contribution >= 0.6 is 11.6 Å². The smallest absolute Gasteiger partial charge is 0.263 e. The molecule has 0 aliphatic carbocycles. The lowest BCUT2D eigenvalue weighted by Gasteiger charge is -2.37. The Bertz CT molecular complexity index is 1290. The number of para-hydroxylation sites is 2. The highest BCUT2D eigenvalue weighted by Gasteiger charge is 2.26. The van der Waals surface area contributed by atoms with Crippen LogP contribution in [0.2, 0.25) is 5.02 Å². The van der Waals surface area contributed by atoms with Crippen molar-refractivity contribution in [2.45, 2.75) is 13.0 Å². The third-order valence-corrected chi connectivity index (χ3v) is 6.29. The second-order valence-electron chi connectivity index (χ2n) is 8.32. The summed E-state index contributed by atoms with van der Waals surface area (Å²) >= 11 is 5.99. The van der Waals surface area contributed by atoms with Crippen molar-refractivity contribution in [3.05, 3.63) is 84.0 Å². The quantitative estimate of drug-likeness (QED) is 0.406. The van der Waals surface area contributed by atoms with E-state index < -0.39 is 6.10 Å². The Morgan fingerprint density at radius 3 is 2.29 bits per heavy atom. The molecule has 34 heavy (non-hydrogen) atoms. The summed E-state index contributed by atoms with van der Waals surface area (Å²) in [6, 6.07) is 23.2. The van der Waals surface area contributed by atoms with E-state index >= 15 is 0 Å². The standard InChI is InChI=1S/C27H25ClN4O2/c1-19(27(33)32-16-14-31(15-17-32)22-10-8-21(28)9-11-22)34-23-12-6-20(7-13-23)26-18-29-24-4-2-3-5-25(24)30-26/h2-13,18-19H,14-17H2,1H3. The zero-order valence-corrected chi connectivity index (χ0v) is 19.7. The van der Waals surface area contributed by atoms with Gasteiger partial charge in [-0.1, -0.05) is 23.7 Å². The molecule has 1 saturated heterocycles. The minimum atomic E-state index is -0.562. The molecular formula is C27H25ClN4O2. The molecule has 0 spiro atoms. The number of carbonyl (C=O) groups excluding carboxylic acids is 1. The number of hydrogen-bond donors (Lipinski definition) is 0. The summed E-state index contributed by atoms with van der Waals surface area (Å²) in [4.78, 5) is 26.2. The zero-order valence-electron chi connectivity index (χ0n) is 18.9. The second kappa shape index (κ2) is 9.69. The van der Waals surface area contributed by atoms with Gasteiger partial charge in [0.05, 0.1) is 22.9 Å². The highest BCUT2D eigenvalue weighted by Crippen LogP contribution is 2.24. The summed E-state index contributed by atoms with van der Waals surface area (Å²) in [6.07, 6.45) is 1.21. The maximum atomic E-state index is 12.9. The minimum Gasteiger partial charge on any atom is -0.481 e. The van der Waals surface area contributed by atoms with E-state index in [0.29, 0.717) is 18.8 Å². The largest absolute Gasteiger partial charge is 0.481 e. The number of aromatic nitrogens is 2. The molecule has 1 unspecified atom stereocenters. The summed E-state index contributed by atoms with van der Waals surface area (Å²) in [5.41, 5.74) is 4.59. The van der Waals surface area contributed by atoms with Crippen molar-refractivity contribution in [1.29, 1.82) is 0 Å². The maximum absolute atomic E-state index is 12.9. The number of carbonyl (C=O) groups is 1. The molecule has 5 rings (SSSR count). The molecule has 1 amide bonds. The summed E-state index contributed by atoms with van der Waals surface area (Å²) in [5, 5.41) is 0.724. The molecule has 1 atom stereocenters. The number of amides is 1. The molecule has 1 aromatic heterocycles. The third-order valence-electron chi connectivity index (χ3n) is 6.04. The summed E-state index contributed by atoms with van der Waals surface area (Å²) < 4.78 is 5.96. The van der Waals surface area contributed by atoms with Gasteiger partial charge in [0.1, 0.15) is 5.75 Å². The van der Waals surface area contributed by atoms with Gasteiger partial charge in [-0.05, 0) is 67.6 Å². The number of anilines is 1. The van der Waals surface area contributed by atoms with Crippen LogP contribution in [-0.2, 0) is 4.79 Å². The van der Waals surface area contributed by atoms with Gasteiger partial charge in [-0.3, -0.25) is 9.78 Å². The minimum absolute atomic E-state index is 0.000212. The van der Waals surface area contributed by atoms with Crippen molar-refractivity contribution in [1.82, 2.24) is 14.9 Å².